The molecule has 0 fully saturated rings. The van der Waals surface area contributed by atoms with Crippen LogP contribution in [0.5, 0.6) is 5.75 Å². The number of aryl methyl sites for hydroxylation is 1. The molecule has 1 aromatic carbocycles. The Hall–Kier alpha value is -3.48. The zero-order valence-corrected chi connectivity index (χ0v) is 17.1. The van der Waals surface area contributed by atoms with E-state index in [2.05, 4.69) is 9.98 Å². The van der Waals surface area contributed by atoms with Gasteiger partial charge in [-0.25, -0.2) is 4.99 Å². The molecule has 30 heavy (non-hydrogen) atoms. The molecule has 0 spiro atoms. The largest absolute Gasteiger partial charge is 0.507 e. The molecule has 2 aromatic rings. The van der Waals surface area contributed by atoms with Crippen molar-refractivity contribution in [1.82, 2.24) is 9.88 Å². The number of hydrogen-bond donors (Lipinski definition) is 1. The zero-order chi connectivity index (χ0) is 21.1. The Balaban J connectivity index is 1.72. The summed E-state index contributed by atoms with van der Waals surface area (Å²) in [4.78, 5) is 26.8. The Morgan fingerprint density at radius 1 is 1.33 bits per heavy atom. The maximum Gasteiger partial charge on any atom is 0.148 e. The molecule has 1 N–H and O–H groups in total. The minimum atomic E-state index is 0.0909. The summed E-state index contributed by atoms with van der Waals surface area (Å²) in [5, 5.41) is 10.6. The third-order valence-electron chi connectivity index (χ3n) is 5.06. The van der Waals surface area contributed by atoms with Crippen LogP contribution in [0.2, 0.25) is 0 Å². The van der Waals surface area contributed by atoms with Crippen LogP contribution in [0.1, 0.15) is 36.5 Å². The molecule has 2 aliphatic heterocycles. The van der Waals surface area contributed by atoms with Gasteiger partial charge in [0.05, 0.1) is 13.2 Å². The zero-order valence-electron chi connectivity index (χ0n) is 17.1. The van der Waals surface area contributed by atoms with Crippen molar-refractivity contribution in [1.29, 1.82) is 0 Å². The molecule has 7 nitrogen and oxygen atoms in total. The summed E-state index contributed by atoms with van der Waals surface area (Å²) in [6.07, 6.45) is 6.06. The third kappa shape index (κ3) is 3.96. The summed E-state index contributed by atoms with van der Waals surface area (Å²) in [6.45, 7) is 5.36. The molecular weight excluding hydrogens is 380 g/mol. The lowest BCUT2D eigenvalue weighted by atomic mass is 10.0. The van der Waals surface area contributed by atoms with E-state index >= 15 is 0 Å². The summed E-state index contributed by atoms with van der Waals surface area (Å²) in [5.74, 6) is 2.38. The highest BCUT2D eigenvalue weighted by atomic mass is 16.5. The number of benzene rings is 1. The minimum Gasteiger partial charge on any atom is -0.507 e. The number of rotatable bonds is 7. The third-order valence-corrected chi connectivity index (χ3v) is 5.06. The van der Waals surface area contributed by atoms with Crippen LogP contribution in [0.15, 0.2) is 52.7 Å². The van der Waals surface area contributed by atoms with Crippen molar-refractivity contribution in [3.05, 3.63) is 59.4 Å². The van der Waals surface area contributed by atoms with Gasteiger partial charge in [0, 0.05) is 42.6 Å². The molecule has 0 unspecified atom stereocenters. The van der Waals surface area contributed by atoms with Crippen LogP contribution in [0.3, 0.4) is 0 Å². The molecule has 0 amide bonds. The van der Waals surface area contributed by atoms with Crippen LogP contribution in [0.25, 0.3) is 5.76 Å². The SMILES string of the molecule is CC(=O)CCCOc1c(C)ccc2c1N=C(/C=C(\O)c1cccnc1)N1CCN=C21. The molecule has 7 heteroatoms. The smallest absolute Gasteiger partial charge is 0.148 e. The first kappa shape index (κ1) is 19.8. The topological polar surface area (TPSA) is 87.4 Å². The Morgan fingerprint density at radius 2 is 2.20 bits per heavy atom. The van der Waals surface area contributed by atoms with Crippen LogP contribution in [0.4, 0.5) is 5.69 Å². The first-order valence-electron chi connectivity index (χ1n) is 10.0. The quantitative estimate of drug-likeness (QED) is 0.560. The van der Waals surface area contributed by atoms with Gasteiger partial charge >= 0.3 is 0 Å². The minimum absolute atomic E-state index is 0.0909. The van der Waals surface area contributed by atoms with E-state index in [1.54, 1.807) is 37.5 Å². The Morgan fingerprint density at radius 3 is 2.97 bits per heavy atom. The lowest BCUT2D eigenvalue weighted by Gasteiger charge is -2.27. The molecule has 3 heterocycles. The highest BCUT2D eigenvalue weighted by molar-refractivity contribution is 6.20. The lowest BCUT2D eigenvalue weighted by molar-refractivity contribution is -0.117. The number of aliphatic hydroxyl groups excluding tert-OH is 1. The number of ketones is 1. The molecule has 0 aliphatic carbocycles. The number of aliphatic imine (C=N–C) groups is 2. The predicted octanol–water partition coefficient (Wildman–Crippen LogP) is 3.84. The molecule has 4 rings (SSSR count). The summed E-state index contributed by atoms with van der Waals surface area (Å²) in [5.41, 5.74) is 3.21. The fraction of sp³-hybridized carbons (Fsp3) is 0.304. The average molecular weight is 404 g/mol. The number of fused-ring (bicyclic) bond motifs is 3. The number of aliphatic hydroxyl groups is 1. The van der Waals surface area contributed by atoms with Crippen LogP contribution in [0, 0.1) is 6.92 Å². The number of pyridine rings is 1. The number of hydrogen-bond acceptors (Lipinski definition) is 7. The van der Waals surface area contributed by atoms with Crippen molar-refractivity contribution in [2.24, 2.45) is 9.98 Å². The molecule has 0 bridgehead atoms. The van der Waals surface area contributed by atoms with Gasteiger partial charge in [-0.2, -0.15) is 0 Å². The second kappa shape index (κ2) is 8.49. The van der Waals surface area contributed by atoms with Crippen molar-refractivity contribution in [3.63, 3.8) is 0 Å². The average Bonchev–Trinajstić information content (AvgIpc) is 3.23. The van der Waals surface area contributed by atoms with E-state index in [1.807, 2.05) is 24.0 Å². The van der Waals surface area contributed by atoms with E-state index in [0.717, 1.165) is 17.0 Å². The number of aromatic nitrogens is 1. The summed E-state index contributed by atoms with van der Waals surface area (Å²) >= 11 is 0. The summed E-state index contributed by atoms with van der Waals surface area (Å²) in [6, 6.07) is 7.58. The Kier molecular flexibility index (Phi) is 5.61. The van der Waals surface area contributed by atoms with Gasteiger partial charge in [0.1, 0.15) is 34.7 Å². The van der Waals surface area contributed by atoms with E-state index < -0.39 is 0 Å². The fourth-order valence-corrected chi connectivity index (χ4v) is 3.55. The van der Waals surface area contributed by atoms with Gasteiger partial charge in [0.2, 0.25) is 0 Å². The van der Waals surface area contributed by atoms with Crippen LogP contribution >= 0.6 is 0 Å². The highest BCUT2D eigenvalue weighted by Crippen LogP contribution is 2.40. The van der Waals surface area contributed by atoms with Crippen molar-refractivity contribution < 1.29 is 14.6 Å². The number of amidine groups is 2. The monoisotopic (exact) mass is 404 g/mol. The number of Topliss-reactive ketones (excluding diaryl/α,β-unsaturated/α-hetero) is 1. The maximum absolute atomic E-state index is 11.2. The number of nitrogens with zero attached hydrogens (tertiary/aromatic N) is 4. The molecule has 154 valence electrons. The van der Waals surface area contributed by atoms with E-state index in [0.29, 0.717) is 55.4 Å². The summed E-state index contributed by atoms with van der Waals surface area (Å²) < 4.78 is 6.05. The van der Waals surface area contributed by atoms with Gasteiger partial charge in [0.25, 0.3) is 0 Å². The lowest BCUT2D eigenvalue weighted by Crippen LogP contribution is -2.36. The first-order valence-corrected chi connectivity index (χ1v) is 10.0. The Bertz CT molecular complexity index is 1060. The molecule has 2 aliphatic rings. The molecule has 0 atom stereocenters. The maximum atomic E-state index is 11.2. The van der Waals surface area contributed by atoms with Crippen LogP contribution in [-0.4, -0.2) is 52.1 Å². The van der Waals surface area contributed by atoms with E-state index in [4.69, 9.17) is 9.73 Å². The standard InChI is InChI=1S/C23H24N4O3/c1-15-7-8-18-21(22(15)30-12-4-5-16(2)28)26-20(27-11-10-25-23(18)27)13-19(29)17-6-3-9-24-14-17/h3,6-9,13-14,29H,4-5,10-12H2,1-2H3/b19-13-. The van der Waals surface area contributed by atoms with Crippen molar-refractivity contribution >= 4 is 28.9 Å². The molecule has 0 saturated carbocycles. The van der Waals surface area contributed by atoms with Gasteiger partial charge in [-0.3, -0.25) is 9.98 Å². The van der Waals surface area contributed by atoms with E-state index in [9.17, 15) is 9.90 Å². The molecular formula is C23H24N4O3. The van der Waals surface area contributed by atoms with Crippen LogP contribution in [-0.2, 0) is 4.79 Å². The van der Waals surface area contributed by atoms with Gasteiger partial charge < -0.3 is 19.5 Å². The summed E-state index contributed by atoms with van der Waals surface area (Å²) in [7, 11) is 0. The van der Waals surface area contributed by atoms with Crippen molar-refractivity contribution in [2.45, 2.75) is 26.7 Å². The second-order valence-electron chi connectivity index (χ2n) is 7.36. The molecule has 0 radical (unpaired) electrons. The second-order valence-corrected chi connectivity index (χ2v) is 7.36. The van der Waals surface area contributed by atoms with Gasteiger partial charge in [-0.05, 0) is 44.0 Å². The highest BCUT2D eigenvalue weighted by Gasteiger charge is 2.31. The van der Waals surface area contributed by atoms with Gasteiger partial charge in [0.15, 0.2) is 0 Å². The normalized spacial score (nSPS) is 15.3. The number of carbonyl (C=O) groups is 1. The predicted molar refractivity (Wildman–Crippen MR) is 117 cm³/mol. The van der Waals surface area contributed by atoms with Crippen molar-refractivity contribution in [3.8, 4) is 5.75 Å². The number of ether oxygens (including phenoxy) is 1. The van der Waals surface area contributed by atoms with E-state index in [1.165, 1.54) is 0 Å². The fourth-order valence-electron chi connectivity index (χ4n) is 3.55. The molecule has 0 saturated heterocycles. The van der Waals surface area contributed by atoms with Crippen molar-refractivity contribution in [2.75, 3.05) is 19.7 Å². The van der Waals surface area contributed by atoms with Crippen LogP contribution < -0.4 is 4.74 Å². The van der Waals surface area contributed by atoms with Gasteiger partial charge in [-0.1, -0.05) is 6.07 Å². The first-order chi connectivity index (χ1) is 14.5. The molecule has 1 aromatic heterocycles. The van der Waals surface area contributed by atoms with Gasteiger partial charge in [-0.15, -0.1) is 0 Å². The number of carbonyl (C=O) groups excluding carboxylic acids is 1. The Labute approximate surface area is 175 Å². The van der Waals surface area contributed by atoms with E-state index in [-0.39, 0.29) is 11.5 Å².